The minimum absolute atomic E-state index is 0.0244. The van der Waals surface area contributed by atoms with Crippen molar-refractivity contribution in [1.29, 1.82) is 0 Å². The van der Waals surface area contributed by atoms with Gasteiger partial charge in [-0.15, -0.1) is 11.8 Å². The van der Waals surface area contributed by atoms with Crippen molar-refractivity contribution >= 4 is 29.3 Å². The second kappa shape index (κ2) is 6.71. The molecule has 2 aliphatic heterocycles. The molecule has 0 radical (unpaired) electrons. The van der Waals surface area contributed by atoms with Crippen LogP contribution in [0.25, 0.3) is 0 Å². The molecule has 2 heterocycles. The van der Waals surface area contributed by atoms with Crippen molar-refractivity contribution in [2.75, 3.05) is 23.8 Å². The van der Waals surface area contributed by atoms with Crippen molar-refractivity contribution < 1.29 is 14.3 Å². The number of fused-ring (bicyclic) bond motifs is 1. The summed E-state index contributed by atoms with van der Waals surface area (Å²) < 4.78 is 5.58. The van der Waals surface area contributed by atoms with Gasteiger partial charge in [0.25, 0.3) is 0 Å². The summed E-state index contributed by atoms with van der Waals surface area (Å²) >= 11 is 1.52. The van der Waals surface area contributed by atoms with Crippen LogP contribution in [0.4, 0.5) is 5.69 Å². The summed E-state index contributed by atoms with van der Waals surface area (Å²) in [5, 5.41) is 2.96. The highest BCUT2D eigenvalue weighted by atomic mass is 32.2. The molecule has 5 nitrogen and oxygen atoms in total. The number of hydrogen-bond acceptors (Lipinski definition) is 4. The number of carbonyl (C=O) groups excluding carboxylic acids is 2. The standard InChI is InChI=1S/C16H20N2O3S/c1-11(13-6-4-8-21-13)17-15(19)9-18-12-5-2-3-7-14(12)22-10-16(18)20/h2-3,5,7,11,13H,4,6,8-10H2,1H3,(H,17,19)/t11-,13-/m1/s1. The first-order chi connectivity index (χ1) is 10.6. The Labute approximate surface area is 134 Å². The highest BCUT2D eigenvalue weighted by Gasteiger charge is 2.28. The van der Waals surface area contributed by atoms with Gasteiger partial charge >= 0.3 is 0 Å². The minimum atomic E-state index is -0.141. The van der Waals surface area contributed by atoms with Gasteiger partial charge in [0.05, 0.1) is 23.6 Å². The zero-order valence-corrected chi connectivity index (χ0v) is 13.4. The molecule has 22 heavy (non-hydrogen) atoms. The van der Waals surface area contributed by atoms with E-state index < -0.39 is 0 Å². The van der Waals surface area contributed by atoms with Crippen LogP contribution >= 0.6 is 11.8 Å². The number of benzene rings is 1. The zero-order chi connectivity index (χ0) is 15.5. The van der Waals surface area contributed by atoms with E-state index in [0.717, 1.165) is 30.0 Å². The van der Waals surface area contributed by atoms with Crippen LogP contribution in [-0.2, 0) is 14.3 Å². The van der Waals surface area contributed by atoms with Gasteiger partial charge in [0.2, 0.25) is 11.8 Å². The molecule has 0 saturated carbocycles. The largest absolute Gasteiger partial charge is 0.376 e. The van der Waals surface area contributed by atoms with Crippen LogP contribution in [0.5, 0.6) is 0 Å². The third-order valence-corrected chi connectivity index (χ3v) is 5.07. The fraction of sp³-hybridized carbons (Fsp3) is 0.500. The summed E-state index contributed by atoms with van der Waals surface area (Å²) in [6, 6.07) is 7.67. The molecule has 1 aromatic rings. The van der Waals surface area contributed by atoms with Crippen LogP contribution in [0.1, 0.15) is 19.8 Å². The average molecular weight is 320 g/mol. The van der Waals surface area contributed by atoms with Crippen molar-refractivity contribution in [3.63, 3.8) is 0 Å². The van der Waals surface area contributed by atoms with Gasteiger partial charge in [-0.2, -0.15) is 0 Å². The van der Waals surface area contributed by atoms with E-state index in [1.54, 1.807) is 4.90 Å². The molecule has 118 valence electrons. The Bertz CT molecular complexity index is 572. The number of para-hydroxylation sites is 1. The van der Waals surface area contributed by atoms with E-state index in [-0.39, 0.29) is 30.5 Å². The molecule has 2 atom stereocenters. The molecule has 0 aliphatic carbocycles. The highest BCUT2D eigenvalue weighted by molar-refractivity contribution is 8.00. The van der Waals surface area contributed by atoms with E-state index in [4.69, 9.17) is 4.74 Å². The number of carbonyl (C=O) groups is 2. The number of thioether (sulfide) groups is 1. The number of amides is 2. The fourth-order valence-electron chi connectivity index (χ4n) is 2.86. The monoisotopic (exact) mass is 320 g/mol. The van der Waals surface area contributed by atoms with Gasteiger partial charge in [-0.25, -0.2) is 0 Å². The molecule has 0 bridgehead atoms. The van der Waals surface area contributed by atoms with Crippen LogP contribution in [0.2, 0.25) is 0 Å². The molecule has 6 heteroatoms. The van der Waals surface area contributed by atoms with Crippen LogP contribution in [0, 0.1) is 0 Å². The maximum absolute atomic E-state index is 12.3. The lowest BCUT2D eigenvalue weighted by atomic mass is 10.1. The number of nitrogens with zero attached hydrogens (tertiary/aromatic N) is 1. The summed E-state index contributed by atoms with van der Waals surface area (Å²) in [5.74, 6) is 0.215. The van der Waals surface area contributed by atoms with E-state index in [0.29, 0.717) is 5.75 Å². The van der Waals surface area contributed by atoms with Crippen molar-refractivity contribution in [1.82, 2.24) is 5.32 Å². The Kier molecular flexibility index (Phi) is 4.69. The second-order valence-corrected chi connectivity index (χ2v) is 6.66. The smallest absolute Gasteiger partial charge is 0.240 e. The summed E-state index contributed by atoms with van der Waals surface area (Å²) in [5.41, 5.74) is 0.823. The molecule has 1 N–H and O–H groups in total. The maximum Gasteiger partial charge on any atom is 0.240 e. The fourth-order valence-corrected chi connectivity index (χ4v) is 3.80. The van der Waals surface area contributed by atoms with E-state index in [9.17, 15) is 9.59 Å². The van der Waals surface area contributed by atoms with Crippen LogP contribution in [0.3, 0.4) is 0 Å². The summed E-state index contributed by atoms with van der Waals surface area (Å²) in [6.45, 7) is 2.78. The minimum Gasteiger partial charge on any atom is -0.376 e. The molecule has 0 spiro atoms. The van der Waals surface area contributed by atoms with E-state index in [2.05, 4.69) is 5.32 Å². The second-order valence-electron chi connectivity index (χ2n) is 5.64. The van der Waals surface area contributed by atoms with Crippen molar-refractivity contribution in [2.45, 2.75) is 36.8 Å². The molecule has 2 aliphatic rings. The molecule has 1 aromatic carbocycles. The van der Waals surface area contributed by atoms with Crippen LogP contribution < -0.4 is 10.2 Å². The Morgan fingerprint density at radius 3 is 3.09 bits per heavy atom. The van der Waals surface area contributed by atoms with Crippen LogP contribution in [0.15, 0.2) is 29.2 Å². The molecular formula is C16H20N2O3S. The van der Waals surface area contributed by atoms with Crippen molar-refractivity contribution in [2.24, 2.45) is 0 Å². The first-order valence-corrected chi connectivity index (χ1v) is 8.57. The quantitative estimate of drug-likeness (QED) is 0.919. The first-order valence-electron chi connectivity index (χ1n) is 7.58. The van der Waals surface area contributed by atoms with E-state index in [1.807, 2.05) is 31.2 Å². The average Bonchev–Trinajstić information content (AvgIpc) is 3.04. The van der Waals surface area contributed by atoms with Gasteiger partial charge < -0.3 is 15.0 Å². The maximum atomic E-state index is 12.3. The third kappa shape index (κ3) is 3.28. The van der Waals surface area contributed by atoms with Gasteiger partial charge in [0.1, 0.15) is 6.54 Å². The number of anilines is 1. The van der Waals surface area contributed by atoms with Crippen molar-refractivity contribution in [3.8, 4) is 0 Å². The summed E-state index contributed by atoms with van der Waals surface area (Å²) in [7, 11) is 0. The van der Waals surface area contributed by atoms with Crippen molar-refractivity contribution in [3.05, 3.63) is 24.3 Å². The van der Waals surface area contributed by atoms with E-state index >= 15 is 0 Å². The molecular weight excluding hydrogens is 300 g/mol. The van der Waals surface area contributed by atoms with Gasteiger partial charge in [-0.05, 0) is 31.9 Å². The van der Waals surface area contributed by atoms with Gasteiger partial charge in [-0.3, -0.25) is 9.59 Å². The predicted molar refractivity (Wildman–Crippen MR) is 86.1 cm³/mol. The van der Waals surface area contributed by atoms with Gasteiger partial charge in [0, 0.05) is 11.5 Å². The van der Waals surface area contributed by atoms with Gasteiger partial charge in [0.15, 0.2) is 0 Å². The number of hydrogen-bond donors (Lipinski definition) is 1. The molecule has 2 amide bonds. The summed E-state index contributed by atoms with van der Waals surface area (Å²) in [6.07, 6.45) is 2.10. The normalized spacial score (nSPS) is 22.3. The molecule has 1 saturated heterocycles. The Morgan fingerprint density at radius 2 is 2.32 bits per heavy atom. The molecule has 0 unspecified atom stereocenters. The molecule has 1 fully saturated rings. The molecule has 3 rings (SSSR count). The zero-order valence-electron chi connectivity index (χ0n) is 12.6. The van der Waals surface area contributed by atoms with Crippen LogP contribution in [-0.4, -0.2) is 42.9 Å². The molecule has 0 aromatic heterocycles. The summed E-state index contributed by atoms with van der Waals surface area (Å²) in [4.78, 5) is 27.0. The SMILES string of the molecule is C[C@@H](NC(=O)CN1C(=O)CSc2ccccc21)[C@H]1CCCO1. The lowest BCUT2D eigenvalue weighted by Gasteiger charge is -2.29. The highest BCUT2D eigenvalue weighted by Crippen LogP contribution is 2.34. The Hall–Kier alpha value is -1.53. The van der Waals surface area contributed by atoms with E-state index in [1.165, 1.54) is 11.8 Å². The number of ether oxygens (including phenoxy) is 1. The number of rotatable bonds is 4. The first kappa shape index (κ1) is 15.4. The Morgan fingerprint density at radius 1 is 1.50 bits per heavy atom. The predicted octanol–water partition coefficient (Wildman–Crippen LogP) is 1.81. The lowest BCUT2D eigenvalue weighted by molar-refractivity contribution is -0.124. The Balaban J connectivity index is 1.64. The third-order valence-electron chi connectivity index (χ3n) is 4.02. The number of nitrogens with one attached hydrogen (secondary N) is 1. The topological polar surface area (TPSA) is 58.6 Å². The lowest BCUT2D eigenvalue weighted by Crippen LogP contribution is -2.48. The van der Waals surface area contributed by atoms with Gasteiger partial charge in [-0.1, -0.05) is 12.1 Å².